The summed E-state index contributed by atoms with van der Waals surface area (Å²) in [5.74, 6) is -0.336. The van der Waals surface area contributed by atoms with E-state index in [2.05, 4.69) is 10.3 Å². The molecule has 0 aliphatic heterocycles. The highest BCUT2D eigenvalue weighted by Crippen LogP contribution is 2.28. The molecule has 0 aliphatic rings. The Bertz CT molecular complexity index is 1430. The molecule has 5 aromatic rings. The molecule has 0 radical (unpaired) electrons. The van der Waals surface area contributed by atoms with Crippen molar-refractivity contribution in [1.82, 2.24) is 4.98 Å². The minimum atomic E-state index is -1.30. The summed E-state index contributed by atoms with van der Waals surface area (Å²) in [4.78, 5) is 17.3. The first-order valence-corrected chi connectivity index (χ1v) is 10.5. The first kappa shape index (κ1) is 19.9. The van der Waals surface area contributed by atoms with Crippen LogP contribution in [0.3, 0.4) is 0 Å². The molecule has 5 rings (SSSR count). The number of hydrogen-bond acceptors (Lipinski definition) is 2. The van der Waals surface area contributed by atoms with Gasteiger partial charge in [0.25, 0.3) is 5.91 Å². The Labute approximate surface area is 185 Å². The number of pyridine rings is 1. The molecule has 0 aliphatic carbocycles. The lowest BCUT2D eigenvalue weighted by molar-refractivity contribution is 0.102. The molecule has 4 heteroatoms. The standard InChI is InChI=1S/C28H21FN2O/c29-26(17-19-11-12-20-6-1-2-7-22(20)16-19)24-9-3-4-10-25(24)28(32)31-23-14-13-21-8-5-15-30-27(21)18-23/h1-16,18,26H,17H2,(H,31,32). The Morgan fingerprint density at radius 2 is 1.56 bits per heavy atom. The molecule has 1 aromatic heterocycles. The van der Waals surface area contributed by atoms with E-state index in [9.17, 15) is 4.79 Å². The summed E-state index contributed by atoms with van der Waals surface area (Å²) < 4.78 is 15.4. The summed E-state index contributed by atoms with van der Waals surface area (Å²) in [6.45, 7) is 0. The zero-order valence-electron chi connectivity index (χ0n) is 17.3. The van der Waals surface area contributed by atoms with Gasteiger partial charge in [-0.05, 0) is 46.2 Å². The maximum absolute atomic E-state index is 15.4. The molecule has 1 amide bonds. The van der Waals surface area contributed by atoms with Crippen LogP contribution >= 0.6 is 0 Å². The van der Waals surface area contributed by atoms with E-state index in [1.165, 1.54) is 0 Å². The van der Waals surface area contributed by atoms with Crippen LogP contribution in [0.1, 0.15) is 27.7 Å². The fourth-order valence-electron chi connectivity index (χ4n) is 4.00. The number of benzene rings is 4. The molecule has 1 unspecified atom stereocenters. The Hall–Kier alpha value is -4.05. The summed E-state index contributed by atoms with van der Waals surface area (Å²) in [7, 11) is 0. The predicted molar refractivity (Wildman–Crippen MR) is 128 cm³/mol. The van der Waals surface area contributed by atoms with Gasteiger partial charge >= 0.3 is 0 Å². The maximum Gasteiger partial charge on any atom is 0.256 e. The van der Waals surface area contributed by atoms with Gasteiger partial charge in [-0.3, -0.25) is 9.78 Å². The molecule has 32 heavy (non-hydrogen) atoms. The van der Waals surface area contributed by atoms with Crippen LogP contribution in [-0.2, 0) is 6.42 Å². The molecule has 0 spiro atoms. The number of anilines is 1. The number of fused-ring (bicyclic) bond motifs is 2. The molecular formula is C28H21FN2O. The molecule has 3 nitrogen and oxygen atoms in total. The van der Waals surface area contributed by atoms with Gasteiger partial charge in [0.1, 0.15) is 6.17 Å². The second-order valence-corrected chi connectivity index (χ2v) is 7.81. The van der Waals surface area contributed by atoms with Crippen molar-refractivity contribution in [2.45, 2.75) is 12.6 Å². The summed E-state index contributed by atoms with van der Waals surface area (Å²) in [5.41, 5.74) is 3.03. The molecule has 0 saturated carbocycles. The third kappa shape index (κ3) is 4.08. The van der Waals surface area contributed by atoms with Gasteiger partial charge < -0.3 is 5.32 Å². The van der Waals surface area contributed by atoms with Crippen molar-refractivity contribution in [1.29, 1.82) is 0 Å². The van der Waals surface area contributed by atoms with Gasteiger partial charge in [-0.15, -0.1) is 0 Å². The molecule has 4 aromatic carbocycles. The Balaban J connectivity index is 1.38. The zero-order chi connectivity index (χ0) is 21.9. The molecule has 1 N–H and O–H groups in total. The number of nitrogens with one attached hydrogen (secondary N) is 1. The number of carbonyl (C=O) groups is 1. The fourth-order valence-corrected chi connectivity index (χ4v) is 4.00. The Morgan fingerprint density at radius 3 is 2.47 bits per heavy atom. The van der Waals surface area contributed by atoms with Gasteiger partial charge in [0, 0.05) is 29.3 Å². The van der Waals surface area contributed by atoms with E-state index in [1.807, 2.05) is 72.8 Å². The lowest BCUT2D eigenvalue weighted by Gasteiger charge is -2.14. The van der Waals surface area contributed by atoms with Crippen molar-refractivity contribution >= 4 is 33.3 Å². The van der Waals surface area contributed by atoms with Gasteiger partial charge in [0.15, 0.2) is 0 Å². The molecule has 1 atom stereocenters. The van der Waals surface area contributed by atoms with Crippen molar-refractivity contribution in [2.75, 3.05) is 5.32 Å². The second-order valence-electron chi connectivity index (χ2n) is 7.81. The minimum absolute atomic E-state index is 0.203. The number of aromatic nitrogens is 1. The number of alkyl halides is 1. The van der Waals surface area contributed by atoms with Crippen LogP contribution in [0.5, 0.6) is 0 Å². The monoisotopic (exact) mass is 420 g/mol. The third-order valence-corrected chi connectivity index (χ3v) is 5.64. The quantitative estimate of drug-likeness (QED) is 0.336. The normalized spacial score (nSPS) is 12.0. The first-order chi connectivity index (χ1) is 15.7. The van der Waals surface area contributed by atoms with Gasteiger partial charge in [-0.1, -0.05) is 72.8 Å². The largest absolute Gasteiger partial charge is 0.322 e. The van der Waals surface area contributed by atoms with Crippen molar-refractivity contribution in [2.24, 2.45) is 0 Å². The maximum atomic E-state index is 15.4. The summed E-state index contributed by atoms with van der Waals surface area (Å²) >= 11 is 0. The number of amides is 1. The first-order valence-electron chi connectivity index (χ1n) is 10.5. The summed E-state index contributed by atoms with van der Waals surface area (Å²) in [6.07, 6.45) is 0.620. The molecule has 0 saturated heterocycles. The van der Waals surface area contributed by atoms with Crippen LogP contribution in [0.15, 0.2) is 103 Å². The van der Waals surface area contributed by atoms with Crippen LogP contribution in [0.25, 0.3) is 21.7 Å². The lowest BCUT2D eigenvalue weighted by atomic mass is 9.96. The van der Waals surface area contributed by atoms with Gasteiger partial charge in [-0.25, -0.2) is 4.39 Å². The van der Waals surface area contributed by atoms with Gasteiger partial charge in [-0.2, -0.15) is 0 Å². The van der Waals surface area contributed by atoms with E-state index in [-0.39, 0.29) is 12.3 Å². The highest BCUT2D eigenvalue weighted by atomic mass is 19.1. The molecule has 0 bridgehead atoms. The van der Waals surface area contributed by atoms with Crippen molar-refractivity contribution in [3.05, 3.63) is 120 Å². The summed E-state index contributed by atoms with van der Waals surface area (Å²) in [5, 5.41) is 6.08. The second kappa shape index (κ2) is 8.60. The minimum Gasteiger partial charge on any atom is -0.322 e. The van der Waals surface area contributed by atoms with Gasteiger partial charge in [0.05, 0.1) is 5.52 Å². The fraction of sp³-hybridized carbons (Fsp3) is 0.0714. The van der Waals surface area contributed by atoms with Gasteiger partial charge in [0.2, 0.25) is 0 Å². The smallest absolute Gasteiger partial charge is 0.256 e. The Morgan fingerprint density at radius 1 is 0.812 bits per heavy atom. The number of rotatable bonds is 5. The number of nitrogens with zero attached hydrogens (tertiary/aromatic N) is 1. The van der Waals surface area contributed by atoms with Crippen LogP contribution in [0, 0.1) is 0 Å². The number of halogens is 1. The van der Waals surface area contributed by atoms with E-state index < -0.39 is 6.17 Å². The zero-order valence-corrected chi connectivity index (χ0v) is 17.3. The SMILES string of the molecule is O=C(Nc1ccc2cccnc2c1)c1ccccc1C(F)Cc1ccc2ccccc2c1. The molecular weight excluding hydrogens is 399 g/mol. The van der Waals surface area contributed by atoms with Crippen LogP contribution in [0.4, 0.5) is 10.1 Å². The van der Waals surface area contributed by atoms with E-state index in [0.29, 0.717) is 16.8 Å². The van der Waals surface area contributed by atoms with Crippen LogP contribution in [-0.4, -0.2) is 10.9 Å². The Kier molecular flexibility index (Phi) is 5.34. The van der Waals surface area contributed by atoms with Crippen molar-refractivity contribution < 1.29 is 9.18 Å². The highest BCUT2D eigenvalue weighted by Gasteiger charge is 2.19. The van der Waals surface area contributed by atoms with E-state index in [1.54, 1.807) is 30.5 Å². The van der Waals surface area contributed by atoms with Crippen LogP contribution in [0.2, 0.25) is 0 Å². The highest BCUT2D eigenvalue weighted by molar-refractivity contribution is 6.06. The average molecular weight is 420 g/mol. The summed E-state index contributed by atoms with van der Waals surface area (Å²) in [6, 6.07) is 30.2. The number of carbonyl (C=O) groups excluding carboxylic acids is 1. The molecule has 1 heterocycles. The predicted octanol–water partition coefficient (Wildman–Crippen LogP) is 6.89. The van der Waals surface area contributed by atoms with E-state index in [4.69, 9.17) is 0 Å². The third-order valence-electron chi connectivity index (χ3n) is 5.64. The topological polar surface area (TPSA) is 42.0 Å². The number of hydrogen-bond donors (Lipinski definition) is 1. The van der Waals surface area contributed by atoms with E-state index >= 15 is 4.39 Å². The van der Waals surface area contributed by atoms with Crippen LogP contribution < -0.4 is 5.32 Å². The van der Waals surface area contributed by atoms with Crippen molar-refractivity contribution in [3.8, 4) is 0 Å². The van der Waals surface area contributed by atoms with E-state index in [0.717, 1.165) is 27.2 Å². The lowest BCUT2D eigenvalue weighted by Crippen LogP contribution is -2.15. The molecule has 0 fully saturated rings. The van der Waals surface area contributed by atoms with Crippen molar-refractivity contribution in [3.63, 3.8) is 0 Å². The molecule has 156 valence electrons. The average Bonchev–Trinajstić information content (AvgIpc) is 2.84.